The number of benzene rings is 1. The van der Waals surface area contributed by atoms with Crippen LogP contribution in [-0.2, 0) is 9.53 Å². The summed E-state index contributed by atoms with van der Waals surface area (Å²) in [4.78, 5) is 19.1. The van der Waals surface area contributed by atoms with Gasteiger partial charge in [0, 0.05) is 16.0 Å². The Bertz CT molecular complexity index is 1180. The van der Waals surface area contributed by atoms with Gasteiger partial charge in [0.25, 0.3) is 0 Å². The molecule has 0 saturated carbocycles. The maximum atomic E-state index is 12.7. The first-order valence-electron chi connectivity index (χ1n) is 10.4. The second-order valence-corrected chi connectivity index (χ2v) is 10.3. The van der Waals surface area contributed by atoms with Crippen molar-refractivity contribution in [1.29, 1.82) is 0 Å². The highest BCUT2D eigenvalue weighted by Crippen LogP contribution is 2.39. The summed E-state index contributed by atoms with van der Waals surface area (Å²) in [7, 11) is 0. The molecule has 0 fully saturated rings. The maximum Gasteiger partial charge on any atom is 0.308 e. The lowest BCUT2D eigenvalue weighted by molar-refractivity contribution is -0.155. The lowest BCUT2D eigenvalue weighted by Gasteiger charge is -2.21. The van der Waals surface area contributed by atoms with Crippen molar-refractivity contribution < 1.29 is 9.53 Å². The van der Waals surface area contributed by atoms with E-state index in [1.54, 1.807) is 11.3 Å². The standard InChI is InChI=1S/C24H28N4O2S/c1-13-8-10-17(11-9-13)21-20-14(2)15(3)31-23(20)28-16(4)26-27-22(28)18(25-21)12-19(29)30-24(5,6)7/h8-11,18H,12H2,1-7H3. The van der Waals surface area contributed by atoms with Crippen LogP contribution >= 0.6 is 11.3 Å². The Morgan fingerprint density at radius 2 is 1.77 bits per heavy atom. The quantitative estimate of drug-likeness (QED) is 0.530. The number of aliphatic imine (C=N–C) groups is 1. The molecule has 31 heavy (non-hydrogen) atoms. The average Bonchev–Trinajstić information content (AvgIpc) is 3.14. The molecule has 0 amide bonds. The van der Waals surface area contributed by atoms with E-state index in [1.807, 2.05) is 27.7 Å². The third-order valence-electron chi connectivity index (χ3n) is 5.34. The summed E-state index contributed by atoms with van der Waals surface area (Å²) in [5.74, 6) is 1.16. The van der Waals surface area contributed by atoms with Crippen LogP contribution in [0.4, 0.5) is 0 Å². The summed E-state index contributed by atoms with van der Waals surface area (Å²) in [6.45, 7) is 13.9. The highest BCUT2D eigenvalue weighted by molar-refractivity contribution is 7.15. The van der Waals surface area contributed by atoms with Crippen LogP contribution in [0.5, 0.6) is 0 Å². The van der Waals surface area contributed by atoms with Gasteiger partial charge in [-0.05, 0) is 54.0 Å². The van der Waals surface area contributed by atoms with Gasteiger partial charge in [-0.3, -0.25) is 14.4 Å². The Balaban J connectivity index is 1.91. The van der Waals surface area contributed by atoms with Crippen molar-refractivity contribution in [2.45, 2.75) is 66.5 Å². The van der Waals surface area contributed by atoms with E-state index >= 15 is 0 Å². The molecule has 1 aliphatic rings. The van der Waals surface area contributed by atoms with Gasteiger partial charge in [-0.25, -0.2) is 0 Å². The van der Waals surface area contributed by atoms with Crippen molar-refractivity contribution in [1.82, 2.24) is 14.8 Å². The van der Waals surface area contributed by atoms with Crippen LogP contribution in [0.25, 0.3) is 5.00 Å². The molecule has 0 radical (unpaired) electrons. The Kier molecular flexibility index (Phi) is 5.33. The molecular weight excluding hydrogens is 408 g/mol. The summed E-state index contributed by atoms with van der Waals surface area (Å²) in [5, 5.41) is 9.80. The van der Waals surface area contributed by atoms with Gasteiger partial charge in [-0.15, -0.1) is 21.5 Å². The number of hydrogen-bond donors (Lipinski definition) is 0. The van der Waals surface area contributed by atoms with Crippen LogP contribution in [-0.4, -0.2) is 32.0 Å². The number of nitrogens with zero attached hydrogens (tertiary/aromatic N) is 4. The molecule has 1 unspecified atom stereocenters. The molecule has 162 valence electrons. The van der Waals surface area contributed by atoms with Crippen LogP contribution < -0.4 is 0 Å². The fourth-order valence-electron chi connectivity index (χ4n) is 3.78. The van der Waals surface area contributed by atoms with Crippen LogP contribution in [0.3, 0.4) is 0 Å². The summed E-state index contributed by atoms with van der Waals surface area (Å²) >= 11 is 1.71. The zero-order valence-electron chi connectivity index (χ0n) is 19.1. The fraction of sp³-hybridized carbons (Fsp3) is 0.417. The first-order valence-corrected chi connectivity index (χ1v) is 11.3. The number of aromatic nitrogens is 3. The predicted octanol–water partition coefficient (Wildman–Crippen LogP) is 5.19. The summed E-state index contributed by atoms with van der Waals surface area (Å²) in [6.07, 6.45) is 0.109. The van der Waals surface area contributed by atoms with E-state index in [-0.39, 0.29) is 12.4 Å². The number of esters is 1. The molecule has 1 atom stereocenters. The number of fused-ring (bicyclic) bond motifs is 3. The highest BCUT2D eigenvalue weighted by Gasteiger charge is 2.33. The molecular formula is C24H28N4O2S. The molecule has 0 N–H and O–H groups in total. The molecule has 2 aromatic heterocycles. The van der Waals surface area contributed by atoms with Crippen molar-refractivity contribution >= 4 is 23.0 Å². The van der Waals surface area contributed by atoms with Crippen molar-refractivity contribution in [3.05, 3.63) is 63.0 Å². The van der Waals surface area contributed by atoms with Crippen LogP contribution in [0.2, 0.25) is 0 Å². The third kappa shape index (κ3) is 4.06. The second-order valence-electron chi connectivity index (χ2n) is 9.05. The number of carbonyl (C=O) groups is 1. The molecule has 3 heterocycles. The Labute approximate surface area is 187 Å². The van der Waals surface area contributed by atoms with Crippen LogP contribution in [0, 0.1) is 27.7 Å². The Hall–Kier alpha value is -2.80. The fourth-order valence-corrected chi connectivity index (χ4v) is 4.99. The molecule has 7 heteroatoms. The van der Waals surface area contributed by atoms with E-state index in [1.165, 1.54) is 16.0 Å². The number of hydrogen-bond acceptors (Lipinski definition) is 6. The van der Waals surface area contributed by atoms with Crippen molar-refractivity contribution in [3.63, 3.8) is 0 Å². The number of aryl methyl sites for hydroxylation is 3. The topological polar surface area (TPSA) is 69.4 Å². The van der Waals surface area contributed by atoms with Gasteiger partial charge in [-0.2, -0.15) is 0 Å². The SMILES string of the molecule is Cc1ccc(C2=NC(CC(=O)OC(C)(C)C)c3nnc(C)n3-c3sc(C)c(C)c32)cc1. The van der Waals surface area contributed by atoms with E-state index in [0.717, 1.165) is 27.7 Å². The molecule has 1 aliphatic heterocycles. The molecule has 0 spiro atoms. The molecule has 0 aliphatic carbocycles. The number of rotatable bonds is 3. The summed E-state index contributed by atoms with van der Waals surface area (Å²) < 4.78 is 7.65. The smallest absolute Gasteiger partial charge is 0.308 e. The van der Waals surface area contributed by atoms with Gasteiger partial charge in [0.05, 0.1) is 12.1 Å². The average molecular weight is 437 g/mol. The molecule has 4 rings (SSSR count). The van der Waals surface area contributed by atoms with Gasteiger partial charge in [-0.1, -0.05) is 29.8 Å². The van der Waals surface area contributed by atoms with E-state index in [2.05, 4.69) is 59.8 Å². The lowest BCUT2D eigenvalue weighted by atomic mass is 9.99. The normalized spacial score (nSPS) is 15.7. The van der Waals surface area contributed by atoms with E-state index in [4.69, 9.17) is 9.73 Å². The summed E-state index contributed by atoms with van der Waals surface area (Å²) in [6, 6.07) is 7.88. The van der Waals surface area contributed by atoms with Crippen molar-refractivity contribution in [2.24, 2.45) is 4.99 Å². The third-order valence-corrected chi connectivity index (χ3v) is 6.54. The first-order chi connectivity index (χ1) is 14.5. The zero-order chi connectivity index (χ0) is 22.5. The minimum atomic E-state index is -0.554. The van der Waals surface area contributed by atoms with Crippen LogP contribution in [0.15, 0.2) is 29.3 Å². The molecule has 1 aromatic carbocycles. The van der Waals surface area contributed by atoms with Crippen molar-refractivity contribution in [2.75, 3.05) is 0 Å². The molecule has 6 nitrogen and oxygen atoms in total. The largest absolute Gasteiger partial charge is 0.460 e. The second kappa shape index (κ2) is 7.71. The number of carbonyl (C=O) groups excluding carboxylic acids is 1. The molecule has 3 aromatic rings. The zero-order valence-corrected chi connectivity index (χ0v) is 19.9. The number of ether oxygens (including phenoxy) is 1. The maximum absolute atomic E-state index is 12.7. The van der Waals surface area contributed by atoms with E-state index in [9.17, 15) is 4.79 Å². The monoisotopic (exact) mass is 436 g/mol. The molecule has 0 bridgehead atoms. The van der Waals surface area contributed by atoms with E-state index < -0.39 is 11.6 Å². The van der Waals surface area contributed by atoms with E-state index in [0.29, 0.717) is 5.82 Å². The predicted molar refractivity (Wildman–Crippen MR) is 123 cm³/mol. The van der Waals surface area contributed by atoms with Crippen LogP contribution in [0.1, 0.15) is 72.0 Å². The Morgan fingerprint density at radius 1 is 1.10 bits per heavy atom. The first kappa shape index (κ1) is 21.4. The van der Waals surface area contributed by atoms with Gasteiger partial charge in [0.15, 0.2) is 5.82 Å². The molecule has 0 saturated heterocycles. The minimum Gasteiger partial charge on any atom is -0.460 e. The van der Waals surface area contributed by atoms with Gasteiger partial charge < -0.3 is 4.74 Å². The highest BCUT2D eigenvalue weighted by atomic mass is 32.1. The number of thiophene rings is 1. The Morgan fingerprint density at radius 3 is 2.42 bits per heavy atom. The van der Waals surface area contributed by atoms with Gasteiger partial charge >= 0.3 is 5.97 Å². The van der Waals surface area contributed by atoms with Gasteiger partial charge in [0.1, 0.15) is 22.5 Å². The van der Waals surface area contributed by atoms with Gasteiger partial charge in [0.2, 0.25) is 0 Å². The lowest BCUT2D eigenvalue weighted by Crippen LogP contribution is -2.25. The summed E-state index contributed by atoms with van der Waals surface area (Å²) in [5.41, 5.74) is 4.82. The minimum absolute atomic E-state index is 0.109. The van der Waals surface area contributed by atoms with Crippen molar-refractivity contribution in [3.8, 4) is 5.00 Å².